The smallest absolute Gasteiger partial charge is 0.240 e. The second-order valence-electron chi connectivity index (χ2n) is 6.02. The molecule has 6 heteroatoms. The zero-order chi connectivity index (χ0) is 16.7. The molecule has 4 nitrogen and oxygen atoms in total. The van der Waals surface area contributed by atoms with E-state index >= 15 is 0 Å². The van der Waals surface area contributed by atoms with E-state index in [1.807, 2.05) is 18.4 Å². The average Bonchev–Trinajstić information content (AvgIpc) is 2.59. The molecular weight excluding hydrogens is 328 g/mol. The van der Waals surface area contributed by atoms with Crippen molar-refractivity contribution in [2.24, 2.45) is 0 Å². The van der Waals surface area contributed by atoms with Crippen molar-refractivity contribution in [1.82, 2.24) is 9.62 Å². The molecule has 0 aromatic heterocycles. The zero-order valence-corrected chi connectivity index (χ0v) is 15.8. The van der Waals surface area contributed by atoms with E-state index < -0.39 is 10.0 Å². The first-order valence-electron chi connectivity index (χ1n) is 8.44. The Morgan fingerprint density at radius 1 is 1.26 bits per heavy atom. The first-order chi connectivity index (χ1) is 11.1. The van der Waals surface area contributed by atoms with Crippen LogP contribution in [0.5, 0.6) is 0 Å². The predicted molar refractivity (Wildman–Crippen MR) is 97.5 cm³/mol. The highest BCUT2D eigenvalue weighted by atomic mass is 32.2. The molecule has 0 bridgehead atoms. The minimum absolute atomic E-state index is 0.347. The number of nitrogens with one attached hydrogen (secondary N) is 1. The molecule has 1 atom stereocenters. The molecule has 2 rings (SSSR count). The lowest BCUT2D eigenvalue weighted by Gasteiger charge is -2.35. The third-order valence-corrected chi connectivity index (χ3v) is 6.72. The Kier molecular flexibility index (Phi) is 7.40. The molecule has 1 aliphatic rings. The molecule has 0 saturated carbocycles. The standard InChI is InChI=1S/C17H28N2O2S2/c1-3-15-7-4-5-13-19(15)14-6-12-18-23(20,21)17-10-8-16(22-2)9-11-17/h8-11,15,18H,3-7,12-14H2,1-2H3/t15-/m0/s1. The minimum atomic E-state index is -3.39. The number of hydrogen-bond acceptors (Lipinski definition) is 4. The summed E-state index contributed by atoms with van der Waals surface area (Å²) in [6.07, 6.45) is 7.90. The molecule has 23 heavy (non-hydrogen) atoms. The Bertz CT molecular complexity index is 573. The maximum absolute atomic E-state index is 12.3. The van der Waals surface area contributed by atoms with Crippen LogP contribution in [-0.2, 0) is 10.0 Å². The van der Waals surface area contributed by atoms with Crippen molar-refractivity contribution in [2.75, 3.05) is 25.9 Å². The SMILES string of the molecule is CC[C@H]1CCCCN1CCCNS(=O)(=O)c1ccc(SC)cc1. The molecule has 130 valence electrons. The Hall–Kier alpha value is -0.560. The Labute approximate surface area is 145 Å². The van der Waals surface area contributed by atoms with Crippen molar-refractivity contribution in [3.63, 3.8) is 0 Å². The summed E-state index contributed by atoms with van der Waals surface area (Å²) < 4.78 is 27.3. The fourth-order valence-corrected chi connectivity index (χ4v) is 4.63. The highest BCUT2D eigenvalue weighted by Gasteiger charge is 2.20. The molecule has 0 spiro atoms. The van der Waals surface area contributed by atoms with Crippen LogP contribution in [0.15, 0.2) is 34.1 Å². The van der Waals surface area contributed by atoms with Crippen LogP contribution in [0.25, 0.3) is 0 Å². The van der Waals surface area contributed by atoms with Gasteiger partial charge in [0.05, 0.1) is 4.90 Å². The molecule has 1 aromatic rings. The van der Waals surface area contributed by atoms with Gasteiger partial charge in [0, 0.05) is 17.5 Å². The summed E-state index contributed by atoms with van der Waals surface area (Å²) in [6.45, 7) is 4.87. The second-order valence-corrected chi connectivity index (χ2v) is 8.67. The van der Waals surface area contributed by atoms with Gasteiger partial charge in [0.25, 0.3) is 0 Å². The van der Waals surface area contributed by atoms with E-state index in [1.54, 1.807) is 23.9 Å². The number of rotatable bonds is 8. The van der Waals surface area contributed by atoms with Crippen molar-refractivity contribution >= 4 is 21.8 Å². The van der Waals surface area contributed by atoms with Crippen molar-refractivity contribution < 1.29 is 8.42 Å². The third-order valence-electron chi connectivity index (χ3n) is 4.50. The number of sulfonamides is 1. The number of likely N-dealkylation sites (tertiary alicyclic amines) is 1. The van der Waals surface area contributed by atoms with E-state index in [4.69, 9.17) is 0 Å². The summed E-state index contributed by atoms with van der Waals surface area (Å²) in [5.41, 5.74) is 0. The Morgan fingerprint density at radius 2 is 2.00 bits per heavy atom. The summed E-state index contributed by atoms with van der Waals surface area (Å²) in [7, 11) is -3.39. The van der Waals surface area contributed by atoms with Crippen LogP contribution in [0, 0.1) is 0 Å². The van der Waals surface area contributed by atoms with Crippen molar-refractivity contribution in [3.05, 3.63) is 24.3 Å². The van der Waals surface area contributed by atoms with Crippen LogP contribution in [0.3, 0.4) is 0 Å². The van der Waals surface area contributed by atoms with Crippen LogP contribution in [0.4, 0.5) is 0 Å². The van der Waals surface area contributed by atoms with Crippen LogP contribution in [0.2, 0.25) is 0 Å². The van der Waals surface area contributed by atoms with Gasteiger partial charge in [-0.25, -0.2) is 13.1 Å². The largest absolute Gasteiger partial charge is 0.300 e. The second kappa shape index (κ2) is 9.06. The van der Waals surface area contributed by atoms with Gasteiger partial charge < -0.3 is 4.90 Å². The molecule has 1 aliphatic heterocycles. The summed E-state index contributed by atoms with van der Waals surface area (Å²) in [5.74, 6) is 0. The van der Waals surface area contributed by atoms with Gasteiger partial charge in [0.1, 0.15) is 0 Å². The first kappa shape index (κ1) is 18.8. The Balaban J connectivity index is 1.80. The average molecular weight is 357 g/mol. The molecular formula is C17H28N2O2S2. The van der Waals surface area contributed by atoms with Gasteiger partial charge in [-0.15, -0.1) is 11.8 Å². The topological polar surface area (TPSA) is 49.4 Å². The lowest BCUT2D eigenvalue weighted by atomic mass is 10.00. The highest BCUT2D eigenvalue weighted by molar-refractivity contribution is 7.98. The maximum Gasteiger partial charge on any atom is 0.240 e. The van der Waals surface area contributed by atoms with Gasteiger partial charge in [0.2, 0.25) is 10.0 Å². The van der Waals surface area contributed by atoms with E-state index in [1.165, 1.54) is 25.7 Å². The van der Waals surface area contributed by atoms with Gasteiger partial charge in [-0.05, 0) is 69.3 Å². The lowest BCUT2D eigenvalue weighted by Crippen LogP contribution is -2.40. The number of hydrogen-bond donors (Lipinski definition) is 1. The van der Waals surface area contributed by atoms with E-state index in [-0.39, 0.29) is 0 Å². The number of piperidine rings is 1. The molecule has 1 aromatic carbocycles. The molecule has 1 heterocycles. The molecule has 0 aliphatic carbocycles. The summed E-state index contributed by atoms with van der Waals surface area (Å²) in [5, 5.41) is 0. The number of nitrogens with zero attached hydrogens (tertiary/aromatic N) is 1. The zero-order valence-electron chi connectivity index (χ0n) is 14.1. The molecule has 0 unspecified atom stereocenters. The van der Waals surface area contributed by atoms with Gasteiger partial charge >= 0.3 is 0 Å². The molecule has 1 fully saturated rings. The normalized spacial score (nSPS) is 19.8. The maximum atomic E-state index is 12.3. The summed E-state index contributed by atoms with van der Waals surface area (Å²) in [6, 6.07) is 7.72. The van der Waals surface area contributed by atoms with Crippen molar-refractivity contribution in [3.8, 4) is 0 Å². The number of thioether (sulfide) groups is 1. The lowest BCUT2D eigenvalue weighted by molar-refractivity contribution is 0.143. The van der Waals surface area contributed by atoms with Crippen LogP contribution >= 0.6 is 11.8 Å². The Morgan fingerprint density at radius 3 is 2.65 bits per heavy atom. The van der Waals surface area contributed by atoms with Crippen molar-refractivity contribution in [2.45, 2.75) is 54.9 Å². The number of benzene rings is 1. The monoisotopic (exact) mass is 356 g/mol. The van der Waals surface area contributed by atoms with E-state index in [0.717, 1.165) is 24.4 Å². The quantitative estimate of drug-likeness (QED) is 0.573. The third kappa shape index (κ3) is 5.48. The fourth-order valence-electron chi connectivity index (χ4n) is 3.14. The highest BCUT2D eigenvalue weighted by Crippen LogP contribution is 2.20. The van der Waals surface area contributed by atoms with Crippen LogP contribution in [0.1, 0.15) is 39.0 Å². The van der Waals surface area contributed by atoms with Gasteiger partial charge in [0.15, 0.2) is 0 Å². The predicted octanol–water partition coefficient (Wildman–Crippen LogP) is 3.34. The van der Waals surface area contributed by atoms with Gasteiger partial charge in [-0.2, -0.15) is 0 Å². The first-order valence-corrected chi connectivity index (χ1v) is 11.2. The summed E-state index contributed by atoms with van der Waals surface area (Å²) in [4.78, 5) is 3.93. The molecule has 1 N–H and O–H groups in total. The molecule has 1 saturated heterocycles. The van der Waals surface area contributed by atoms with Crippen LogP contribution < -0.4 is 4.72 Å². The van der Waals surface area contributed by atoms with Gasteiger partial charge in [-0.3, -0.25) is 0 Å². The van der Waals surface area contributed by atoms with Crippen LogP contribution in [-0.4, -0.2) is 45.2 Å². The van der Waals surface area contributed by atoms with E-state index in [0.29, 0.717) is 17.5 Å². The molecule has 0 amide bonds. The van der Waals surface area contributed by atoms with E-state index in [2.05, 4.69) is 16.5 Å². The molecule has 0 radical (unpaired) electrons. The fraction of sp³-hybridized carbons (Fsp3) is 0.647. The summed E-state index contributed by atoms with van der Waals surface area (Å²) >= 11 is 1.61. The van der Waals surface area contributed by atoms with Crippen molar-refractivity contribution in [1.29, 1.82) is 0 Å². The van der Waals surface area contributed by atoms with Gasteiger partial charge in [-0.1, -0.05) is 13.3 Å². The van der Waals surface area contributed by atoms with E-state index in [9.17, 15) is 8.42 Å². The minimum Gasteiger partial charge on any atom is -0.300 e.